The lowest BCUT2D eigenvalue weighted by Gasteiger charge is -2.11. The summed E-state index contributed by atoms with van der Waals surface area (Å²) >= 11 is 0. The number of aromatic nitrogens is 1. The molecule has 0 atom stereocenters. The highest BCUT2D eigenvalue weighted by molar-refractivity contribution is 5.95. The minimum Gasteiger partial charge on any atom is -0.464 e. The van der Waals surface area contributed by atoms with Gasteiger partial charge in [0.1, 0.15) is 6.07 Å². The van der Waals surface area contributed by atoms with Gasteiger partial charge >= 0.3 is 5.97 Å². The zero-order valence-electron chi connectivity index (χ0n) is 13.5. The summed E-state index contributed by atoms with van der Waals surface area (Å²) < 4.78 is 6.35. The summed E-state index contributed by atoms with van der Waals surface area (Å²) in [6.45, 7) is 4.94. The maximum atomic E-state index is 12.0. The van der Waals surface area contributed by atoms with E-state index in [0.717, 1.165) is 17.8 Å². The van der Waals surface area contributed by atoms with Gasteiger partial charge in [-0.2, -0.15) is 5.26 Å². The van der Waals surface area contributed by atoms with Crippen LogP contribution in [0, 0.1) is 11.3 Å². The number of nitriles is 1. The van der Waals surface area contributed by atoms with Gasteiger partial charge in [0.05, 0.1) is 18.4 Å². The molecule has 0 saturated heterocycles. The predicted octanol–water partition coefficient (Wildman–Crippen LogP) is 2.22. The molecule has 6 heteroatoms. The number of anilines is 1. The molecule has 1 aromatic heterocycles. The molecule has 0 saturated carbocycles. The summed E-state index contributed by atoms with van der Waals surface area (Å²) in [6, 6.07) is 10.1. The van der Waals surface area contributed by atoms with Gasteiger partial charge in [0.2, 0.25) is 0 Å². The molecule has 1 heterocycles. The van der Waals surface area contributed by atoms with Crippen LogP contribution in [0.15, 0.2) is 30.5 Å². The van der Waals surface area contributed by atoms with Crippen LogP contribution in [0.2, 0.25) is 0 Å². The Balaban J connectivity index is 2.38. The number of hydrogen-bond donors (Lipinski definition) is 2. The van der Waals surface area contributed by atoms with E-state index >= 15 is 0 Å². The van der Waals surface area contributed by atoms with Gasteiger partial charge in [-0.15, -0.1) is 0 Å². The highest BCUT2D eigenvalue weighted by Crippen LogP contribution is 2.24. The van der Waals surface area contributed by atoms with Gasteiger partial charge in [0.15, 0.2) is 5.69 Å². The number of carbonyl (C=O) groups is 1. The van der Waals surface area contributed by atoms with Crippen molar-refractivity contribution in [1.82, 2.24) is 9.88 Å². The molecule has 0 bridgehead atoms. The summed E-state index contributed by atoms with van der Waals surface area (Å²) in [6.07, 6.45) is 1.54. The van der Waals surface area contributed by atoms with Crippen LogP contribution >= 0.6 is 0 Å². The van der Waals surface area contributed by atoms with Crippen LogP contribution in [0.3, 0.4) is 0 Å². The van der Waals surface area contributed by atoms with Gasteiger partial charge in [0.25, 0.3) is 0 Å². The smallest absolute Gasteiger partial charge is 0.357 e. The van der Waals surface area contributed by atoms with E-state index in [1.807, 2.05) is 30.3 Å². The molecular weight excluding hydrogens is 292 g/mol. The topological polar surface area (TPSA) is 93.1 Å². The Hall–Kier alpha value is -2.78. The summed E-state index contributed by atoms with van der Waals surface area (Å²) in [5.41, 5.74) is 8.29. The van der Waals surface area contributed by atoms with E-state index in [-0.39, 0.29) is 16.9 Å². The largest absolute Gasteiger partial charge is 0.464 e. The first-order valence-electron chi connectivity index (χ1n) is 7.29. The van der Waals surface area contributed by atoms with Crippen molar-refractivity contribution in [1.29, 1.82) is 5.26 Å². The van der Waals surface area contributed by atoms with Crippen LogP contribution in [-0.2, 0) is 11.3 Å². The van der Waals surface area contributed by atoms with Crippen LogP contribution in [0.4, 0.5) is 5.69 Å². The Bertz CT molecular complexity index is 739. The molecule has 6 nitrogen and oxygen atoms in total. The zero-order valence-corrected chi connectivity index (χ0v) is 13.5. The van der Waals surface area contributed by atoms with Crippen molar-refractivity contribution in [2.24, 2.45) is 0 Å². The molecule has 0 aliphatic carbocycles. The standard InChI is InChI=1S/C17H20N4O2/c1-11(2)20-9-12-4-6-14(7-5-12)21-10-13(8-18)15(19)16(21)17(22)23-3/h4-7,10-11,20H,9,19H2,1-3H3. The molecule has 0 unspecified atom stereocenters. The zero-order chi connectivity index (χ0) is 17.0. The van der Waals surface area contributed by atoms with E-state index in [2.05, 4.69) is 19.2 Å². The number of hydrogen-bond acceptors (Lipinski definition) is 5. The molecule has 120 valence electrons. The minimum atomic E-state index is -0.574. The van der Waals surface area contributed by atoms with E-state index < -0.39 is 5.97 Å². The summed E-state index contributed by atoms with van der Waals surface area (Å²) in [7, 11) is 1.28. The number of ether oxygens (including phenoxy) is 1. The Morgan fingerprint density at radius 3 is 2.57 bits per heavy atom. The Kier molecular flexibility index (Phi) is 5.04. The van der Waals surface area contributed by atoms with E-state index in [0.29, 0.717) is 6.04 Å². The number of carbonyl (C=O) groups excluding carboxylic acids is 1. The van der Waals surface area contributed by atoms with E-state index in [1.165, 1.54) is 7.11 Å². The second-order valence-corrected chi connectivity index (χ2v) is 5.48. The second kappa shape index (κ2) is 6.99. The van der Waals surface area contributed by atoms with Crippen molar-refractivity contribution in [3.05, 3.63) is 47.3 Å². The molecular formula is C17H20N4O2. The molecule has 0 radical (unpaired) electrons. The van der Waals surface area contributed by atoms with Gasteiger partial charge < -0.3 is 20.4 Å². The first-order valence-corrected chi connectivity index (χ1v) is 7.29. The molecule has 0 aliphatic rings. The second-order valence-electron chi connectivity index (χ2n) is 5.48. The van der Waals surface area contributed by atoms with Crippen molar-refractivity contribution < 1.29 is 9.53 Å². The molecule has 3 N–H and O–H groups in total. The number of nitrogens with zero attached hydrogens (tertiary/aromatic N) is 2. The molecule has 0 aliphatic heterocycles. The third-order valence-corrected chi connectivity index (χ3v) is 3.47. The monoisotopic (exact) mass is 312 g/mol. The number of methoxy groups -OCH3 is 1. The lowest BCUT2D eigenvalue weighted by Crippen LogP contribution is -2.21. The molecule has 23 heavy (non-hydrogen) atoms. The van der Waals surface area contributed by atoms with Gasteiger partial charge in [0, 0.05) is 24.5 Å². The highest BCUT2D eigenvalue weighted by Gasteiger charge is 2.21. The number of benzene rings is 1. The lowest BCUT2D eigenvalue weighted by molar-refractivity contribution is 0.0593. The number of rotatable bonds is 5. The maximum Gasteiger partial charge on any atom is 0.357 e. The van der Waals surface area contributed by atoms with Crippen molar-refractivity contribution in [2.45, 2.75) is 26.4 Å². The van der Waals surface area contributed by atoms with E-state index in [9.17, 15) is 4.79 Å². The summed E-state index contributed by atoms with van der Waals surface area (Å²) in [5, 5.41) is 12.5. The first-order chi connectivity index (χ1) is 11.0. The van der Waals surface area contributed by atoms with Crippen LogP contribution in [0.1, 0.15) is 35.5 Å². The van der Waals surface area contributed by atoms with Crippen molar-refractivity contribution in [3.8, 4) is 11.8 Å². The van der Waals surface area contributed by atoms with Gasteiger partial charge in [-0.3, -0.25) is 0 Å². The fourth-order valence-electron chi connectivity index (χ4n) is 2.21. The number of nitrogen functional groups attached to an aromatic ring is 1. The Labute approximate surface area is 135 Å². The van der Waals surface area contributed by atoms with Gasteiger partial charge in [-0.1, -0.05) is 26.0 Å². The first kappa shape index (κ1) is 16.6. The van der Waals surface area contributed by atoms with Gasteiger partial charge in [-0.25, -0.2) is 4.79 Å². The third kappa shape index (κ3) is 3.52. The molecule has 0 amide bonds. The Morgan fingerprint density at radius 2 is 2.04 bits per heavy atom. The predicted molar refractivity (Wildman–Crippen MR) is 88.2 cm³/mol. The van der Waals surface area contributed by atoms with Crippen LogP contribution < -0.4 is 11.1 Å². The Morgan fingerprint density at radius 1 is 1.39 bits per heavy atom. The number of nitrogens with one attached hydrogen (secondary N) is 1. The van der Waals surface area contributed by atoms with E-state index in [4.69, 9.17) is 15.7 Å². The van der Waals surface area contributed by atoms with Crippen LogP contribution in [-0.4, -0.2) is 23.7 Å². The quantitative estimate of drug-likeness (QED) is 0.826. The third-order valence-electron chi connectivity index (χ3n) is 3.47. The molecule has 0 fully saturated rings. The lowest BCUT2D eigenvalue weighted by atomic mass is 10.2. The normalized spacial score (nSPS) is 10.6. The van der Waals surface area contributed by atoms with Gasteiger partial charge in [-0.05, 0) is 17.7 Å². The van der Waals surface area contributed by atoms with Crippen molar-refractivity contribution >= 4 is 11.7 Å². The molecule has 0 spiro atoms. The average Bonchev–Trinajstić information content (AvgIpc) is 2.89. The number of nitrogens with two attached hydrogens (primary N) is 1. The van der Waals surface area contributed by atoms with E-state index in [1.54, 1.807) is 10.8 Å². The fourth-order valence-corrected chi connectivity index (χ4v) is 2.21. The summed E-state index contributed by atoms with van der Waals surface area (Å²) in [5.74, 6) is -0.574. The fraction of sp³-hybridized carbons (Fsp3) is 0.294. The maximum absolute atomic E-state index is 12.0. The average molecular weight is 312 g/mol. The van der Waals surface area contributed by atoms with Crippen LogP contribution in [0.5, 0.6) is 0 Å². The molecule has 1 aromatic carbocycles. The molecule has 2 aromatic rings. The van der Waals surface area contributed by atoms with Crippen LogP contribution in [0.25, 0.3) is 5.69 Å². The molecule has 2 rings (SSSR count). The minimum absolute atomic E-state index is 0.130. The summed E-state index contributed by atoms with van der Waals surface area (Å²) in [4.78, 5) is 12.0. The SMILES string of the molecule is COC(=O)c1c(N)c(C#N)cn1-c1ccc(CNC(C)C)cc1. The highest BCUT2D eigenvalue weighted by atomic mass is 16.5. The van der Waals surface area contributed by atoms with Crippen molar-refractivity contribution in [2.75, 3.05) is 12.8 Å². The van der Waals surface area contributed by atoms with Crippen molar-refractivity contribution in [3.63, 3.8) is 0 Å². The number of esters is 1.